The van der Waals surface area contributed by atoms with Gasteiger partial charge < -0.3 is 9.88 Å². The van der Waals surface area contributed by atoms with Crippen LogP contribution in [0.15, 0.2) is 0 Å². The third-order valence-electron chi connectivity index (χ3n) is 4.16. The van der Waals surface area contributed by atoms with E-state index in [1.54, 1.807) is 0 Å². The maximum Gasteiger partial charge on any atom is 0.150 e. The molecule has 4 heteroatoms. The lowest BCUT2D eigenvalue weighted by Gasteiger charge is -2.25. The van der Waals surface area contributed by atoms with Crippen molar-refractivity contribution in [3.8, 4) is 0 Å². The van der Waals surface area contributed by atoms with Gasteiger partial charge in [0.2, 0.25) is 0 Å². The summed E-state index contributed by atoms with van der Waals surface area (Å²) in [5, 5.41) is 12.5. The summed E-state index contributed by atoms with van der Waals surface area (Å²) >= 11 is 0. The molecule has 0 bridgehead atoms. The highest BCUT2D eigenvalue weighted by molar-refractivity contribution is 5.09. The van der Waals surface area contributed by atoms with E-state index in [1.807, 2.05) is 0 Å². The fraction of sp³-hybridized carbons (Fsp3) is 0.846. The fourth-order valence-electron chi connectivity index (χ4n) is 2.66. The SMILES string of the molecule is CCC(C)Cc1nnc2n1CCNC2C1CC1. The molecule has 2 heterocycles. The van der Waals surface area contributed by atoms with Gasteiger partial charge in [-0.2, -0.15) is 0 Å². The van der Waals surface area contributed by atoms with Crippen LogP contribution in [-0.2, 0) is 13.0 Å². The van der Waals surface area contributed by atoms with Crippen molar-refractivity contribution in [3.05, 3.63) is 11.6 Å². The summed E-state index contributed by atoms with van der Waals surface area (Å²) < 4.78 is 2.37. The fourth-order valence-corrected chi connectivity index (χ4v) is 2.66. The second-order valence-corrected chi connectivity index (χ2v) is 5.61. The van der Waals surface area contributed by atoms with Crippen molar-refractivity contribution in [2.75, 3.05) is 6.54 Å². The van der Waals surface area contributed by atoms with Crippen LogP contribution < -0.4 is 5.32 Å². The van der Waals surface area contributed by atoms with Gasteiger partial charge in [-0.25, -0.2) is 0 Å². The van der Waals surface area contributed by atoms with E-state index in [2.05, 4.69) is 33.9 Å². The number of fused-ring (bicyclic) bond motifs is 1. The Morgan fingerprint density at radius 1 is 1.41 bits per heavy atom. The molecular formula is C13H22N4. The third kappa shape index (κ3) is 2.10. The number of hydrogen-bond acceptors (Lipinski definition) is 3. The molecule has 1 fully saturated rings. The van der Waals surface area contributed by atoms with Crippen LogP contribution in [0.4, 0.5) is 0 Å². The van der Waals surface area contributed by atoms with Gasteiger partial charge in [-0.05, 0) is 24.7 Å². The summed E-state index contributed by atoms with van der Waals surface area (Å²) in [5.41, 5.74) is 0. The zero-order valence-electron chi connectivity index (χ0n) is 10.8. The number of hydrogen-bond donors (Lipinski definition) is 1. The van der Waals surface area contributed by atoms with Crippen LogP contribution in [0, 0.1) is 11.8 Å². The Kier molecular flexibility index (Phi) is 2.90. The van der Waals surface area contributed by atoms with E-state index in [4.69, 9.17) is 0 Å². The second-order valence-electron chi connectivity index (χ2n) is 5.61. The minimum atomic E-state index is 0.474. The molecule has 4 nitrogen and oxygen atoms in total. The van der Waals surface area contributed by atoms with Gasteiger partial charge in [-0.15, -0.1) is 10.2 Å². The molecule has 0 radical (unpaired) electrons. The smallest absolute Gasteiger partial charge is 0.150 e. The summed E-state index contributed by atoms with van der Waals surface area (Å²) in [6, 6.07) is 0.474. The minimum Gasteiger partial charge on any atom is -0.312 e. The Morgan fingerprint density at radius 3 is 2.94 bits per heavy atom. The number of nitrogens with zero attached hydrogens (tertiary/aromatic N) is 3. The Balaban J connectivity index is 1.83. The maximum atomic E-state index is 4.44. The largest absolute Gasteiger partial charge is 0.312 e. The van der Waals surface area contributed by atoms with E-state index in [0.717, 1.165) is 25.4 Å². The van der Waals surface area contributed by atoms with E-state index in [1.165, 1.54) is 30.9 Å². The van der Waals surface area contributed by atoms with Crippen molar-refractivity contribution in [3.63, 3.8) is 0 Å². The first kappa shape index (κ1) is 11.2. The Hall–Kier alpha value is -0.900. The van der Waals surface area contributed by atoms with Gasteiger partial charge >= 0.3 is 0 Å². The second kappa shape index (κ2) is 4.41. The normalized spacial score (nSPS) is 25.6. The predicted octanol–water partition coefficient (Wildman–Crippen LogP) is 1.92. The first-order chi connectivity index (χ1) is 8.29. The first-order valence-corrected chi connectivity index (χ1v) is 6.95. The monoisotopic (exact) mass is 234 g/mol. The number of rotatable bonds is 4. The molecule has 94 valence electrons. The molecule has 0 spiro atoms. The molecule has 2 atom stereocenters. The predicted molar refractivity (Wildman–Crippen MR) is 66.6 cm³/mol. The molecule has 1 saturated carbocycles. The molecular weight excluding hydrogens is 212 g/mol. The van der Waals surface area contributed by atoms with Crippen LogP contribution in [0.2, 0.25) is 0 Å². The highest BCUT2D eigenvalue weighted by Crippen LogP contribution is 2.41. The van der Waals surface area contributed by atoms with Gasteiger partial charge in [-0.3, -0.25) is 0 Å². The van der Waals surface area contributed by atoms with Gasteiger partial charge in [0.15, 0.2) is 5.82 Å². The maximum absolute atomic E-state index is 4.44. The Labute approximate surface area is 103 Å². The highest BCUT2D eigenvalue weighted by atomic mass is 15.3. The van der Waals surface area contributed by atoms with Crippen LogP contribution in [0.5, 0.6) is 0 Å². The van der Waals surface area contributed by atoms with Crippen molar-refractivity contribution in [1.29, 1.82) is 0 Å². The average molecular weight is 234 g/mol. The van der Waals surface area contributed by atoms with E-state index >= 15 is 0 Å². The van der Waals surface area contributed by atoms with Crippen LogP contribution in [-0.4, -0.2) is 21.3 Å². The van der Waals surface area contributed by atoms with Crippen LogP contribution in [0.25, 0.3) is 0 Å². The summed E-state index contributed by atoms with van der Waals surface area (Å²) in [6.07, 6.45) is 4.99. The summed E-state index contributed by atoms with van der Waals surface area (Å²) in [4.78, 5) is 0. The lowest BCUT2D eigenvalue weighted by atomic mass is 10.0. The van der Waals surface area contributed by atoms with Crippen LogP contribution in [0.3, 0.4) is 0 Å². The molecule has 1 aliphatic heterocycles. The topological polar surface area (TPSA) is 42.7 Å². The van der Waals surface area contributed by atoms with E-state index in [0.29, 0.717) is 12.0 Å². The third-order valence-corrected chi connectivity index (χ3v) is 4.16. The zero-order valence-corrected chi connectivity index (χ0v) is 10.8. The molecule has 0 saturated heterocycles. The summed E-state index contributed by atoms with van der Waals surface area (Å²) in [6.45, 7) is 6.64. The van der Waals surface area contributed by atoms with Crippen molar-refractivity contribution in [2.45, 2.75) is 52.1 Å². The van der Waals surface area contributed by atoms with Gasteiger partial charge in [0, 0.05) is 19.5 Å². The van der Waals surface area contributed by atoms with Crippen molar-refractivity contribution in [2.24, 2.45) is 11.8 Å². The lowest BCUT2D eigenvalue weighted by molar-refractivity contribution is 0.373. The Bertz CT molecular complexity index is 394. The van der Waals surface area contributed by atoms with Gasteiger partial charge in [0.1, 0.15) is 5.82 Å². The molecule has 2 unspecified atom stereocenters. The zero-order chi connectivity index (χ0) is 11.8. The number of nitrogens with one attached hydrogen (secondary N) is 1. The van der Waals surface area contributed by atoms with Crippen molar-refractivity contribution in [1.82, 2.24) is 20.1 Å². The van der Waals surface area contributed by atoms with Gasteiger partial charge in [0.05, 0.1) is 6.04 Å². The summed E-state index contributed by atoms with van der Waals surface area (Å²) in [5.74, 6) is 3.91. The van der Waals surface area contributed by atoms with Gasteiger partial charge in [0.25, 0.3) is 0 Å². The van der Waals surface area contributed by atoms with E-state index in [9.17, 15) is 0 Å². The van der Waals surface area contributed by atoms with Crippen LogP contribution in [0.1, 0.15) is 50.8 Å². The average Bonchev–Trinajstić information content (AvgIpc) is 3.12. The highest BCUT2D eigenvalue weighted by Gasteiger charge is 2.37. The molecule has 0 amide bonds. The molecule has 1 aromatic rings. The Morgan fingerprint density at radius 2 is 2.24 bits per heavy atom. The van der Waals surface area contributed by atoms with E-state index < -0.39 is 0 Å². The summed E-state index contributed by atoms with van der Waals surface area (Å²) in [7, 11) is 0. The lowest BCUT2D eigenvalue weighted by Crippen LogP contribution is -2.35. The molecule has 1 N–H and O–H groups in total. The molecule has 2 aliphatic rings. The standard InChI is InChI=1S/C13H22N4/c1-3-9(2)8-11-15-16-13-12(10-4-5-10)14-6-7-17(11)13/h9-10,12,14H,3-8H2,1-2H3. The molecule has 1 aromatic heterocycles. The number of aromatic nitrogens is 3. The molecule has 17 heavy (non-hydrogen) atoms. The quantitative estimate of drug-likeness (QED) is 0.865. The van der Waals surface area contributed by atoms with Crippen LogP contribution >= 0.6 is 0 Å². The van der Waals surface area contributed by atoms with E-state index in [-0.39, 0.29) is 0 Å². The minimum absolute atomic E-state index is 0.474. The molecule has 3 rings (SSSR count). The van der Waals surface area contributed by atoms with Gasteiger partial charge in [-0.1, -0.05) is 20.3 Å². The molecule has 1 aliphatic carbocycles. The first-order valence-electron chi connectivity index (χ1n) is 6.95. The van der Waals surface area contributed by atoms with Crippen molar-refractivity contribution >= 4 is 0 Å². The van der Waals surface area contributed by atoms with Crippen molar-refractivity contribution < 1.29 is 0 Å². The molecule has 0 aromatic carbocycles.